The highest BCUT2D eigenvalue weighted by Gasteiger charge is 2.41. The summed E-state index contributed by atoms with van der Waals surface area (Å²) in [5, 5.41) is 4.66. The van der Waals surface area contributed by atoms with Crippen molar-refractivity contribution in [2.45, 2.75) is 57.3 Å². The first-order chi connectivity index (χ1) is 18.4. The molecule has 2 saturated heterocycles. The molecule has 1 unspecified atom stereocenters. The summed E-state index contributed by atoms with van der Waals surface area (Å²) in [6.45, 7) is 6.32. The number of hydrogen-bond donors (Lipinski definition) is 2. The number of aromatic nitrogens is 2. The second kappa shape index (κ2) is 10.2. The third-order valence-electron chi connectivity index (χ3n) is 6.68. The van der Waals surface area contributed by atoms with Gasteiger partial charge in [-0.25, -0.2) is 9.78 Å². The number of carbonyl (C=O) groups excluding carboxylic acids is 2. The van der Waals surface area contributed by atoms with Crippen LogP contribution in [-0.2, 0) is 9.47 Å². The van der Waals surface area contributed by atoms with Crippen molar-refractivity contribution in [1.29, 1.82) is 0 Å². The molecule has 2 aromatic rings. The van der Waals surface area contributed by atoms with E-state index in [1.807, 2.05) is 24.1 Å². The van der Waals surface area contributed by atoms with E-state index in [0.717, 1.165) is 6.92 Å². The first-order valence-electron chi connectivity index (χ1n) is 12.5. The molecule has 11 nitrogen and oxygen atoms in total. The van der Waals surface area contributed by atoms with Crippen LogP contribution in [0.4, 0.5) is 35.3 Å². The van der Waals surface area contributed by atoms with Crippen molar-refractivity contribution in [3.63, 3.8) is 0 Å². The Hall–Kier alpha value is -3.65. The molecular weight excluding hydrogens is 521 g/mol. The second-order valence-electron chi connectivity index (χ2n) is 10.1. The molecule has 0 saturated carbocycles. The van der Waals surface area contributed by atoms with Gasteiger partial charge in [0, 0.05) is 19.2 Å². The molecule has 5 heterocycles. The first-order valence-corrected chi connectivity index (χ1v) is 12.5. The monoisotopic (exact) mass is 550 g/mol. The molecule has 39 heavy (non-hydrogen) atoms. The van der Waals surface area contributed by atoms with Crippen LogP contribution in [0.2, 0.25) is 0 Å². The lowest BCUT2D eigenvalue weighted by Crippen LogP contribution is -2.49. The predicted molar refractivity (Wildman–Crippen MR) is 134 cm³/mol. The second-order valence-corrected chi connectivity index (χ2v) is 10.1. The van der Waals surface area contributed by atoms with Crippen molar-refractivity contribution in [2.24, 2.45) is 0 Å². The molecule has 3 atom stereocenters. The largest absolute Gasteiger partial charge is 0.475 e. The van der Waals surface area contributed by atoms with Gasteiger partial charge in [0.15, 0.2) is 11.6 Å². The third-order valence-corrected chi connectivity index (χ3v) is 6.68. The molecule has 5 rings (SSSR count). The number of nitrogens with zero attached hydrogens (tertiary/aromatic N) is 4. The molecule has 2 bridgehead atoms. The Morgan fingerprint density at radius 3 is 2.74 bits per heavy atom. The van der Waals surface area contributed by atoms with Crippen molar-refractivity contribution >= 4 is 29.3 Å². The van der Waals surface area contributed by atoms with Crippen LogP contribution in [0.1, 0.15) is 37.7 Å². The number of fused-ring (bicyclic) bond motifs is 4. The molecule has 2 N–H and O–H groups in total. The van der Waals surface area contributed by atoms with Gasteiger partial charge < -0.3 is 24.4 Å². The summed E-state index contributed by atoms with van der Waals surface area (Å²) in [5.74, 6) is -0.952. The number of hydrogen-bond acceptors (Lipinski definition) is 8. The standard InChI is InChI=1S/C25H29F3N6O5/c1-14(25(26,27)28)29-22(35)17-7-8-18-21(30-17)34(15-9-10-33(18)11-15)23(36)32-19-5-4-6-20(31-19)37-12-16-13-38-24(2,3)39-16/h4-8,14-16H,9-13H2,1-3H3,(H,29,35)(H,31,32,36)/t14-,15?,16-/m1/s1. The highest BCUT2D eigenvalue weighted by Crippen LogP contribution is 2.39. The van der Waals surface area contributed by atoms with Gasteiger partial charge in [0.2, 0.25) is 5.88 Å². The van der Waals surface area contributed by atoms with E-state index >= 15 is 0 Å². The maximum absolute atomic E-state index is 13.4. The molecule has 0 aromatic carbocycles. The van der Waals surface area contributed by atoms with Crippen molar-refractivity contribution in [3.05, 3.63) is 36.0 Å². The molecule has 3 amide bonds. The number of urea groups is 1. The van der Waals surface area contributed by atoms with Crippen molar-refractivity contribution in [2.75, 3.05) is 41.4 Å². The quantitative estimate of drug-likeness (QED) is 0.563. The maximum atomic E-state index is 13.4. The summed E-state index contributed by atoms with van der Waals surface area (Å²) < 4.78 is 55.8. The Morgan fingerprint density at radius 2 is 2.03 bits per heavy atom. The van der Waals surface area contributed by atoms with E-state index < -0.39 is 29.9 Å². The molecule has 3 aliphatic heterocycles. The Morgan fingerprint density at radius 1 is 1.23 bits per heavy atom. The third kappa shape index (κ3) is 5.86. The van der Waals surface area contributed by atoms with E-state index in [2.05, 4.69) is 15.3 Å². The number of carbonyl (C=O) groups is 2. The minimum atomic E-state index is -4.60. The summed E-state index contributed by atoms with van der Waals surface area (Å²) >= 11 is 0. The average Bonchev–Trinajstić information content (AvgIpc) is 3.45. The molecule has 2 fully saturated rings. The van der Waals surface area contributed by atoms with Gasteiger partial charge >= 0.3 is 12.2 Å². The van der Waals surface area contributed by atoms with E-state index in [0.29, 0.717) is 31.8 Å². The molecule has 210 valence electrons. The molecular formula is C25H29F3N6O5. The van der Waals surface area contributed by atoms with Gasteiger partial charge in [0.05, 0.1) is 18.3 Å². The average molecular weight is 551 g/mol. The summed E-state index contributed by atoms with van der Waals surface area (Å²) in [6.07, 6.45) is -4.19. The fourth-order valence-electron chi connectivity index (χ4n) is 4.71. The lowest BCUT2D eigenvalue weighted by atomic mass is 10.1. The fraction of sp³-hybridized carbons (Fsp3) is 0.520. The molecule has 2 aromatic heterocycles. The summed E-state index contributed by atoms with van der Waals surface area (Å²) in [4.78, 5) is 38.1. The van der Waals surface area contributed by atoms with Crippen LogP contribution >= 0.6 is 0 Å². The number of anilines is 3. The molecule has 0 radical (unpaired) electrons. The van der Waals surface area contributed by atoms with Crippen LogP contribution < -0.4 is 25.2 Å². The Balaban J connectivity index is 1.31. The van der Waals surface area contributed by atoms with Gasteiger partial charge in [0.1, 0.15) is 30.3 Å². The Bertz CT molecular complexity index is 1260. The van der Waals surface area contributed by atoms with Crippen LogP contribution in [-0.4, -0.2) is 78.4 Å². The smallest absolute Gasteiger partial charge is 0.408 e. The van der Waals surface area contributed by atoms with Gasteiger partial charge in [-0.2, -0.15) is 18.2 Å². The Kier molecular flexibility index (Phi) is 7.01. The fourth-order valence-corrected chi connectivity index (χ4v) is 4.71. The lowest BCUT2D eigenvalue weighted by molar-refractivity contribution is -0.149. The SMILES string of the molecule is C[C@@H](NC(=O)c1ccc2c(n1)N(C(=O)Nc1cccc(OC[C@@H]3COC(C)(C)O3)n1)C1CCN2C1)C(F)(F)F. The molecule has 0 spiro atoms. The van der Waals surface area contributed by atoms with E-state index in [1.54, 1.807) is 24.3 Å². The number of nitrogens with one attached hydrogen (secondary N) is 2. The van der Waals surface area contributed by atoms with Gasteiger partial charge in [-0.15, -0.1) is 0 Å². The van der Waals surface area contributed by atoms with Crippen molar-refractivity contribution < 1.29 is 37.0 Å². The number of halogens is 3. The zero-order chi connectivity index (χ0) is 27.9. The summed E-state index contributed by atoms with van der Waals surface area (Å²) in [7, 11) is 0. The normalized spacial score (nSPS) is 22.3. The van der Waals surface area contributed by atoms with Crippen LogP contribution in [0, 0.1) is 0 Å². The molecule has 14 heteroatoms. The zero-order valence-electron chi connectivity index (χ0n) is 21.6. The van der Waals surface area contributed by atoms with Gasteiger partial charge in [-0.3, -0.25) is 15.0 Å². The number of amides is 3. The number of ether oxygens (including phenoxy) is 3. The lowest BCUT2D eigenvalue weighted by Gasteiger charge is -2.35. The number of pyridine rings is 2. The minimum absolute atomic E-state index is 0.196. The highest BCUT2D eigenvalue weighted by molar-refractivity contribution is 6.05. The summed E-state index contributed by atoms with van der Waals surface area (Å²) in [5.41, 5.74) is 0.394. The van der Waals surface area contributed by atoms with Crippen LogP contribution in [0.3, 0.4) is 0 Å². The zero-order valence-corrected chi connectivity index (χ0v) is 21.6. The van der Waals surface area contributed by atoms with Crippen LogP contribution in [0.25, 0.3) is 0 Å². The van der Waals surface area contributed by atoms with Crippen LogP contribution in [0.5, 0.6) is 5.88 Å². The maximum Gasteiger partial charge on any atom is 0.408 e. The van der Waals surface area contributed by atoms with Gasteiger partial charge in [-0.05, 0) is 45.4 Å². The van der Waals surface area contributed by atoms with Crippen molar-refractivity contribution in [1.82, 2.24) is 15.3 Å². The molecule has 0 aliphatic carbocycles. The van der Waals surface area contributed by atoms with E-state index in [9.17, 15) is 22.8 Å². The van der Waals surface area contributed by atoms with E-state index in [-0.39, 0.29) is 42.0 Å². The topological polar surface area (TPSA) is 118 Å². The predicted octanol–water partition coefficient (Wildman–Crippen LogP) is 3.32. The summed E-state index contributed by atoms with van der Waals surface area (Å²) in [6, 6.07) is 5.06. The first kappa shape index (κ1) is 26.9. The van der Waals surface area contributed by atoms with E-state index in [1.165, 1.54) is 11.0 Å². The van der Waals surface area contributed by atoms with Crippen LogP contribution in [0.15, 0.2) is 30.3 Å². The van der Waals surface area contributed by atoms with Gasteiger partial charge in [0.25, 0.3) is 5.91 Å². The number of rotatable bonds is 6. The van der Waals surface area contributed by atoms with Gasteiger partial charge in [-0.1, -0.05) is 6.07 Å². The van der Waals surface area contributed by atoms with Crippen molar-refractivity contribution in [3.8, 4) is 5.88 Å². The minimum Gasteiger partial charge on any atom is -0.475 e. The Labute approximate surface area is 222 Å². The molecule has 3 aliphatic rings. The highest BCUT2D eigenvalue weighted by atomic mass is 19.4. The number of alkyl halides is 3. The van der Waals surface area contributed by atoms with E-state index in [4.69, 9.17) is 14.2 Å².